The molecule has 0 bridgehead atoms. The van der Waals surface area contributed by atoms with E-state index in [0.717, 1.165) is 42.5 Å². The second-order valence-corrected chi connectivity index (χ2v) is 6.78. The van der Waals surface area contributed by atoms with Gasteiger partial charge in [0.1, 0.15) is 10.9 Å². The second-order valence-electron chi connectivity index (χ2n) is 5.69. The summed E-state index contributed by atoms with van der Waals surface area (Å²) >= 11 is 1.61. The zero-order chi connectivity index (χ0) is 15.7. The van der Waals surface area contributed by atoms with E-state index in [-0.39, 0.29) is 11.5 Å². The Kier molecular flexibility index (Phi) is 4.29. The fourth-order valence-electron chi connectivity index (χ4n) is 2.82. The highest BCUT2D eigenvalue weighted by Gasteiger charge is 2.24. The lowest BCUT2D eigenvalue weighted by Crippen LogP contribution is -2.29. The number of esters is 1. The smallest absolute Gasteiger partial charge is 0.328 e. The van der Waals surface area contributed by atoms with E-state index in [1.54, 1.807) is 18.3 Å². The van der Waals surface area contributed by atoms with Crippen molar-refractivity contribution in [1.29, 1.82) is 0 Å². The van der Waals surface area contributed by atoms with E-state index in [1.165, 1.54) is 15.8 Å². The minimum atomic E-state index is -0.641. The Morgan fingerprint density at radius 1 is 1.50 bits per heavy atom. The molecule has 0 N–H and O–H groups in total. The molecule has 1 aliphatic carbocycles. The first-order valence-corrected chi connectivity index (χ1v) is 8.63. The number of ether oxygens (including phenoxy) is 1. The van der Waals surface area contributed by atoms with Gasteiger partial charge in [-0.2, -0.15) is 0 Å². The van der Waals surface area contributed by atoms with Crippen LogP contribution in [0.5, 0.6) is 0 Å². The van der Waals surface area contributed by atoms with Crippen LogP contribution in [0.2, 0.25) is 0 Å². The monoisotopic (exact) mass is 320 g/mol. The number of carbonyl (C=O) groups excluding carboxylic acids is 1. The average Bonchev–Trinajstić information content (AvgIpc) is 3.07. The van der Waals surface area contributed by atoms with Crippen LogP contribution in [-0.2, 0) is 22.4 Å². The van der Waals surface area contributed by atoms with Gasteiger partial charge in [-0.05, 0) is 38.2 Å². The molecule has 0 saturated heterocycles. The predicted molar refractivity (Wildman–Crippen MR) is 86.5 cm³/mol. The lowest BCUT2D eigenvalue weighted by atomic mass is 10.2. The second kappa shape index (κ2) is 6.20. The highest BCUT2D eigenvalue weighted by Crippen LogP contribution is 2.34. The molecule has 0 radical (unpaired) electrons. The Morgan fingerprint density at radius 2 is 2.32 bits per heavy atom. The van der Waals surface area contributed by atoms with Crippen molar-refractivity contribution in [1.82, 2.24) is 9.55 Å². The van der Waals surface area contributed by atoms with Gasteiger partial charge < -0.3 is 4.74 Å². The number of fused-ring (bicyclic) bond motifs is 3. The summed E-state index contributed by atoms with van der Waals surface area (Å²) < 4.78 is 6.62. The van der Waals surface area contributed by atoms with Gasteiger partial charge in [-0.25, -0.2) is 9.78 Å². The van der Waals surface area contributed by atoms with Crippen molar-refractivity contribution in [3.8, 4) is 0 Å². The first-order chi connectivity index (χ1) is 10.6. The molecule has 0 saturated carbocycles. The topological polar surface area (TPSA) is 61.2 Å². The predicted octanol–water partition coefficient (Wildman–Crippen LogP) is 2.85. The summed E-state index contributed by atoms with van der Waals surface area (Å²) in [7, 11) is 0. The van der Waals surface area contributed by atoms with Crippen molar-refractivity contribution in [3.63, 3.8) is 0 Å². The third-order valence-electron chi connectivity index (χ3n) is 4.15. The van der Waals surface area contributed by atoms with Crippen molar-refractivity contribution in [3.05, 3.63) is 27.1 Å². The van der Waals surface area contributed by atoms with Gasteiger partial charge in [-0.1, -0.05) is 13.3 Å². The summed E-state index contributed by atoms with van der Waals surface area (Å²) in [6, 6.07) is -0.641. The summed E-state index contributed by atoms with van der Waals surface area (Å²) in [5, 5.41) is 0.702. The van der Waals surface area contributed by atoms with Crippen LogP contribution in [0.25, 0.3) is 10.2 Å². The first-order valence-electron chi connectivity index (χ1n) is 7.81. The van der Waals surface area contributed by atoms with Crippen LogP contribution < -0.4 is 5.56 Å². The Labute approximate surface area is 132 Å². The van der Waals surface area contributed by atoms with Crippen molar-refractivity contribution >= 4 is 27.5 Å². The van der Waals surface area contributed by atoms with Gasteiger partial charge in [0.2, 0.25) is 0 Å². The van der Waals surface area contributed by atoms with Crippen LogP contribution >= 0.6 is 11.3 Å². The number of unbranched alkanes of at least 4 members (excludes halogenated alkanes) is 1. The van der Waals surface area contributed by atoms with E-state index in [1.807, 2.05) is 6.92 Å². The summed E-state index contributed by atoms with van der Waals surface area (Å²) in [5.74, 6) is -0.372. The number of nitrogens with zero attached hydrogens (tertiary/aromatic N) is 2. The maximum Gasteiger partial charge on any atom is 0.328 e. The molecule has 6 heteroatoms. The minimum absolute atomic E-state index is 0.121. The number of thiophene rings is 1. The summed E-state index contributed by atoms with van der Waals surface area (Å²) in [4.78, 5) is 31.3. The lowest BCUT2D eigenvalue weighted by molar-refractivity contribution is -0.147. The van der Waals surface area contributed by atoms with Crippen molar-refractivity contribution in [2.75, 3.05) is 6.61 Å². The van der Waals surface area contributed by atoms with Gasteiger partial charge in [-0.15, -0.1) is 11.3 Å². The van der Waals surface area contributed by atoms with E-state index in [2.05, 4.69) is 4.98 Å². The summed E-state index contributed by atoms with van der Waals surface area (Å²) in [6.45, 7) is 4.13. The number of carbonyl (C=O) groups is 1. The third kappa shape index (κ3) is 2.56. The Bertz CT molecular complexity index is 763. The highest BCUT2D eigenvalue weighted by molar-refractivity contribution is 7.18. The molecule has 0 fully saturated rings. The maximum absolute atomic E-state index is 12.7. The number of aryl methyl sites for hydroxylation is 2. The van der Waals surface area contributed by atoms with Crippen LogP contribution in [0.3, 0.4) is 0 Å². The summed E-state index contributed by atoms with van der Waals surface area (Å²) in [5.41, 5.74) is 1.02. The molecule has 0 aliphatic heterocycles. The Balaban J connectivity index is 1.92. The minimum Gasteiger partial charge on any atom is -0.464 e. The van der Waals surface area contributed by atoms with Crippen LogP contribution in [0.1, 0.15) is 49.6 Å². The number of hydrogen-bond donors (Lipinski definition) is 0. The molecule has 0 amide bonds. The molecule has 3 rings (SSSR count). The summed E-state index contributed by atoms with van der Waals surface area (Å²) in [6.07, 6.45) is 6.34. The van der Waals surface area contributed by atoms with Crippen LogP contribution in [-0.4, -0.2) is 22.1 Å². The number of aromatic nitrogens is 2. The maximum atomic E-state index is 12.7. The van der Waals surface area contributed by atoms with E-state index in [0.29, 0.717) is 12.0 Å². The van der Waals surface area contributed by atoms with Gasteiger partial charge in [0.05, 0.1) is 18.3 Å². The fourth-order valence-corrected chi connectivity index (χ4v) is 4.04. The lowest BCUT2D eigenvalue weighted by Gasteiger charge is -2.14. The molecule has 0 spiro atoms. The molecule has 2 aromatic rings. The van der Waals surface area contributed by atoms with Crippen LogP contribution in [0.4, 0.5) is 0 Å². The quantitative estimate of drug-likeness (QED) is 0.628. The number of rotatable bonds is 5. The van der Waals surface area contributed by atoms with Crippen molar-refractivity contribution in [2.45, 2.75) is 52.0 Å². The standard InChI is InChI=1S/C16H20N2O3S/c1-3-4-8-21-16(20)10(2)18-9-17-14-13(15(18)19)11-6-5-7-12(11)22-14/h9-10H,3-8H2,1-2H3/t10-/m1/s1. The molecular weight excluding hydrogens is 300 g/mol. The molecule has 1 aliphatic rings. The molecule has 1 atom stereocenters. The van der Waals surface area contributed by atoms with Crippen LogP contribution in [0, 0.1) is 0 Å². The zero-order valence-electron chi connectivity index (χ0n) is 12.9. The molecule has 5 nitrogen and oxygen atoms in total. The Hall–Kier alpha value is -1.69. The Morgan fingerprint density at radius 3 is 3.09 bits per heavy atom. The van der Waals surface area contributed by atoms with E-state index < -0.39 is 6.04 Å². The van der Waals surface area contributed by atoms with E-state index >= 15 is 0 Å². The fraction of sp³-hybridized carbons (Fsp3) is 0.562. The van der Waals surface area contributed by atoms with Gasteiger partial charge in [-0.3, -0.25) is 9.36 Å². The molecule has 2 heterocycles. The largest absolute Gasteiger partial charge is 0.464 e. The molecular formula is C16H20N2O3S. The highest BCUT2D eigenvalue weighted by atomic mass is 32.1. The molecule has 2 aromatic heterocycles. The molecule has 0 unspecified atom stereocenters. The third-order valence-corrected chi connectivity index (χ3v) is 5.35. The van der Waals surface area contributed by atoms with Crippen molar-refractivity contribution < 1.29 is 9.53 Å². The molecule has 0 aromatic carbocycles. The normalized spacial score (nSPS) is 15.0. The van der Waals surface area contributed by atoms with Crippen molar-refractivity contribution in [2.24, 2.45) is 0 Å². The molecule has 118 valence electrons. The van der Waals surface area contributed by atoms with Gasteiger partial charge in [0, 0.05) is 4.88 Å². The van der Waals surface area contributed by atoms with E-state index in [4.69, 9.17) is 4.74 Å². The number of hydrogen-bond acceptors (Lipinski definition) is 5. The first kappa shape index (κ1) is 15.2. The SMILES string of the molecule is CCCCOC(=O)[C@@H](C)n1cnc2sc3c(c2c1=O)CCC3. The van der Waals surface area contributed by atoms with Gasteiger partial charge >= 0.3 is 5.97 Å². The van der Waals surface area contributed by atoms with Gasteiger partial charge in [0.15, 0.2) is 0 Å². The molecule has 22 heavy (non-hydrogen) atoms. The van der Waals surface area contributed by atoms with Crippen LogP contribution in [0.15, 0.2) is 11.1 Å². The van der Waals surface area contributed by atoms with E-state index in [9.17, 15) is 9.59 Å². The average molecular weight is 320 g/mol. The van der Waals surface area contributed by atoms with Gasteiger partial charge in [0.25, 0.3) is 5.56 Å². The zero-order valence-corrected chi connectivity index (χ0v) is 13.7.